The Labute approximate surface area is 172 Å². The molecule has 1 N–H and O–H groups in total. The van der Waals surface area contributed by atoms with Crippen LogP contribution < -0.4 is 5.32 Å². The molecule has 0 heterocycles. The minimum absolute atomic E-state index is 0.0676. The van der Waals surface area contributed by atoms with Crippen LogP contribution in [0.4, 0.5) is 5.69 Å². The van der Waals surface area contributed by atoms with E-state index in [4.69, 9.17) is 4.74 Å². The minimum Gasteiger partial charge on any atom is -0.454 e. The number of ketones is 1. The van der Waals surface area contributed by atoms with E-state index in [0.29, 0.717) is 29.0 Å². The van der Waals surface area contributed by atoms with Gasteiger partial charge in [-0.2, -0.15) is 0 Å². The summed E-state index contributed by atoms with van der Waals surface area (Å²) in [4.78, 5) is 37.6. The number of carbonyl (C=O) groups excluding carboxylic acids is 3. The van der Waals surface area contributed by atoms with Crippen molar-refractivity contribution in [2.24, 2.45) is 29.1 Å². The Morgan fingerprint density at radius 3 is 1.93 bits per heavy atom. The summed E-state index contributed by atoms with van der Waals surface area (Å²) >= 11 is 0. The first-order valence-corrected chi connectivity index (χ1v) is 10.9. The van der Waals surface area contributed by atoms with Crippen LogP contribution in [0.15, 0.2) is 24.3 Å². The number of ether oxygens (including phenoxy) is 1. The van der Waals surface area contributed by atoms with Gasteiger partial charge < -0.3 is 10.1 Å². The van der Waals surface area contributed by atoms with E-state index in [1.54, 1.807) is 31.2 Å². The predicted octanol–water partition coefficient (Wildman–Crippen LogP) is 4.61. The molecule has 0 spiro atoms. The van der Waals surface area contributed by atoms with Crippen molar-refractivity contribution in [1.82, 2.24) is 0 Å². The molecule has 1 amide bonds. The molecule has 5 heteroatoms. The molecule has 29 heavy (non-hydrogen) atoms. The van der Waals surface area contributed by atoms with E-state index in [-0.39, 0.29) is 29.0 Å². The monoisotopic (exact) mass is 397 g/mol. The number of amides is 1. The fraction of sp³-hybridized carbons (Fsp3) is 0.625. The van der Waals surface area contributed by atoms with Crippen LogP contribution in [0.25, 0.3) is 0 Å². The van der Waals surface area contributed by atoms with Crippen LogP contribution in [0.2, 0.25) is 0 Å². The molecule has 0 aromatic heterocycles. The number of benzene rings is 1. The molecule has 4 saturated carbocycles. The molecule has 0 aliphatic heterocycles. The van der Waals surface area contributed by atoms with Crippen molar-refractivity contribution in [3.05, 3.63) is 29.8 Å². The molecule has 4 aliphatic carbocycles. The zero-order valence-electron chi connectivity index (χ0n) is 17.6. The highest BCUT2D eigenvalue weighted by Gasteiger charge is 2.55. The van der Waals surface area contributed by atoms with Crippen molar-refractivity contribution < 1.29 is 19.1 Å². The van der Waals surface area contributed by atoms with E-state index in [1.807, 2.05) is 13.8 Å². The zero-order chi connectivity index (χ0) is 20.8. The van der Waals surface area contributed by atoms with Crippen LogP contribution in [-0.4, -0.2) is 23.8 Å². The molecule has 4 aliphatic rings. The summed E-state index contributed by atoms with van der Waals surface area (Å²) in [5.41, 5.74) is 0.783. The van der Waals surface area contributed by atoms with Gasteiger partial charge in [0.1, 0.15) is 0 Å². The topological polar surface area (TPSA) is 72.5 Å². The third-order valence-corrected chi connectivity index (χ3v) is 7.09. The Morgan fingerprint density at radius 1 is 0.931 bits per heavy atom. The van der Waals surface area contributed by atoms with Crippen molar-refractivity contribution in [1.29, 1.82) is 0 Å². The normalized spacial score (nSPS) is 30.8. The number of carbonyl (C=O) groups is 3. The van der Waals surface area contributed by atoms with Crippen LogP contribution >= 0.6 is 0 Å². The van der Waals surface area contributed by atoms with Gasteiger partial charge in [0.2, 0.25) is 11.7 Å². The van der Waals surface area contributed by atoms with Gasteiger partial charge >= 0.3 is 5.97 Å². The maximum atomic E-state index is 13.1. The Bertz CT molecular complexity index is 775. The Hall–Kier alpha value is -2.17. The molecule has 1 aromatic carbocycles. The first-order valence-electron chi connectivity index (χ1n) is 10.9. The number of hydrogen-bond donors (Lipinski definition) is 1. The van der Waals surface area contributed by atoms with Crippen LogP contribution in [0.3, 0.4) is 0 Å². The van der Waals surface area contributed by atoms with E-state index in [0.717, 1.165) is 19.3 Å². The average molecular weight is 398 g/mol. The van der Waals surface area contributed by atoms with Crippen LogP contribution in [-0.2, 0) is 14.3 Å². The third kappa shape index (κ3) is 3.96. The fourth-order valence-electron chi connectivity index (χ4n) is 5.94. The standard InChI is InChI=1S/C24H31NO4/c1-14(2)22(27)25-20-6-4-19(5-7-20)21(26)15(3)29-23(28)24-11-16-8-17(12-24)10-18(9-16)13-24/h4-7,14-18H,8-13H2,1-3H3,(H,25,27). The quantitative estimate of drug-likeness (QED) is 0.562. The number of anilines is 1. The molecular weight excluding hydrogens is 366 g/mol. The lowest BCUT2D eigenvalue weighted by Gasteiger charge is -2.55. The molecule has 1 aromatic rings. The Balaban J connectivity index is 1.38. The molecular formula is C24H31NO4. The van der Waals surface area contributed by atoms with Gasteiger partial charge in [-0.3, -0.25) is 14.4 Å². The molecule has 5 rings (SSSR count). The van der Waals surface area contributed by atoms with E-state index in [9.17, 15) is 14.4 Å². The minimum atomic E-state index is -0.799. The number of esters is 1. The first kappa shape index (κ1) is 20.1. The van der Waals surface area contributed by atoms with E-state index < -0.39 is 6.10 Å². The highest BCUT2D eigenvalue weighted by atomic mass is 16.5. The fourth-order valence-corrected chi connectivity index (χ4v) is 5.94. The van der Waals surface area contributed by atoms with Crippen LogP contribution in [0, 0.1) is 29.1 Å². The SMILES string of the molecule is CC(C)C(=O)Nc1ccc(C(=O)C(C)OC(=O)C23CC4CC(CC(C4)C2)C3)cc1. The lowest BCUT2D eigenvalue weighted by molar-refractivity contribution is -0.174. The van der Waals surface area contributed by atoms with E-state index in [2.05, 4.69) is 5.32 Å². The van der Waals surface area contributed by atoms with Gasteiger partial charge in [-0.15, -0.1) is 0 Å². The number of nitrogens with one attached hydrogen (secondary N) is 1. The second kappa shape index (κ2) is 7.58. The molecule has 1 unspecified atom stereocenters. The average Bonchev–Trinajstić information content (AvgIpc) is 2.66. The highest BCUT2D eigenvalue weighted by molar-refractivity contribution is 6.01. The number of rotatable bonds is 6. The lowest BCUT2D eigenvalue weighted by atomic mass is 9.49. The summed E-state index contributed by atoms with van der Waals surface area (Å²) < 4.78 is 5.72. The maximum Gasteiger partial charge on any atom is 0.312 e. The molecule has 4 bridgehead atoms. The van der Waals surface area contributed by atoms with Crippen molar-refractivity contribution >= 4 is 23.3 Å². The van der Waals surface area contributed by atoms with E-state index in [1.165, 1.54) is 19.3 Å². The Kier molecular flexibility index (Phi) is 5.26. The third-order valence-electron chi connectivity index (χ3n) is 7.09. The van der Waals surface area contributed by atoms with Crippen LogP contribution in [0.5, 0.6) is 0 Å². The smallest absolute Gasteiger partial charge is 0.312 e. The summed E-state index contributed by atoms with van der Waals surface area (Å²) in [6.07, 6.45) is 5.79. The van der Waals surface area contributed by atoms with Gasteiger partial charge in [0.05, 0.1) is 5.41 Å². The molecule has 156 valence electrons. The van der Waals surface area contributed by atoms with Crippen molar-refractivity contribution in [2.75, 3.05) is 5.32 Å². The second-order valence-electron chi connectivity index (χ2n) is 9.83. The molecule has 4 fully saturated rings. The van der Waals surface area contributed by atoms with Gasteiger partial charge in [0.15, 0.2) is 6.10 Å². The summed E-state index contributed by atoms with van der Waals surface area (Å²) in [6.45, 7) is 5.31. The van der Waals surface area contributed by atoms with Gasteiger partial charge in [-0.1, -0.05) is 13.8 Å². The van der Waals surface area contributed by atoms with Crippen molar-refractivity contribution in [3.63, 3.8) is 0 Å². The number of hydrogen-bond acceptors (Lipinski definition) is 4. The Morgan fingerprint density at radius 2 is 1.45 bits per heavy atom. The predicted molar refractivity (Wildman–Crippen MR) is 110 cm³/mol. The molecule has 0 radical (unpaired) electrons. The first-order chi connectivity index (χ1) is 13.8. The van der Waals surface area contributed by atoms with Gasteiger partial charge in [0.25, 0.3) is 0 Å². The van der Waals surface area contributed by atoms with Gasteiger partial charge in [-0.05, 0) is 87.5 Å². The summed E-state index contributed by atoms with van der Waals surface area (Å²) in [6, 6.07) is 6.77. The summed E-state index contributed by atoms with van der Waals surface area (Å²) in [7, 11) is 0. The zero-order valence-corrected chi connectivity index (χ0v) is 17.6. The maximum absolute atomic E-state index is 13.1. The van der Waals surface area contributed by atoms with E-state index >= 15 is 0 Å². The molecule has 0 saturated heterocycles. The van der Waals surface area contributed by atoms with Gasteiger partial charge in [-0.25, -0.2) is 0 Å². The molecule has 5 nitrogen and oxygen atoms in total. The lowest BCUT2D eigenvalue weighted by Crippen LogP contribution is -2.51. The largest absolute Gasteiger partial charge is 0.454 e. The van der Waals surface area contributed by atoms with Crippen molar-refractivity contribution in [3.8, 4) is 0 Å². The number of Topliss-reactive ketones (excluding diaryl/α,β-unsaturated/α-hetero) is 1. The van der Waals surface area contributed by atoms with Crippen LogP contribution in [0.1, 0.15) is 69.7 Å². The highest BCUT2D eigenvalue weighted by Crippen LogP contribution is 2.60. The summed E-state index contributed by atoms with van der Waals surface area (Å²) in [5, 5.41) is 2.81. The van der Waals surface area contributed by atoms with Crippen molar-refractivity contribution in [2.45, 2.75) is 65.4 Å². The second-order valence-corrected chi connectivity index (χ2v) is 9.83. The molecule has 1 atom stereocenters. The van der Waals surface area contributed by atoms with Gasteiger partial charge in [0, 0.05) is 17.2 Å². The summed E-state index contributed by atoms with van der Waals surface area (Å²) in [5.74, 6) is 1.43.